The quantitative estimate of drug-likeness (QED) is 0.427. The van der Waals surface area contributed by atoms with Crippen LogP contribution in [-0.4, -0.2) is 22.9 Å². The Bertz CT molecular complexity index is 894. The zero-order valence-electron chi connectivity index (χ0n) is 16.4. The predicted octanol–water partition coefficient (Wildman–Crippen LogP) is 4.60. The highest BCUT2D eigenvalue weighted by Gasteiger charge is 2.22. The molecule has 2 rings (SSSR count). The molecule has 1 amide bonds. The maximum absolute atomic E-state index is 12.5. The number of carbonyl (C=O) groups is 2. The fourth-order valence-corrected chi connectivity index (χ4v) is 2.71. The molecular formula is C21H24N2O5. The number of benzene rings is 2. The molecule has 148 valence electrons. The monoisotopic (exact) mass is 384 g/mol. The van der Waals surface area contributed by atoms with Crippen LogP contribution in [0.4, 0.5) is 11.4 Å². The summed E-state index contributed by atoms with van der Waals surface area (Å²) in [7, 11) is 0. The second kappa shape index (κ2) is 9.12. The number of ether oxygens (including phenoxy) is 1. The van der Waals surface area contributed by atoms with Crippen molar-refractivity contribution in [2.24, 2.45) is 0 Å². The van der Waals surface area contributed by atoms with E-state index in [4.69, 9.17) is 4.74 Å². The number of hydrogen-bond donors (Lipinski definition) is 1. The summed E-state index contributed by atoms with van der Waals surface area (Å²) < 4.78 is 5.20. The summed E-state index contributed by atoms with van der Waals surface area (Å²) in [5.74, 6) is -0.992. The van der Waals surface area contributed by atoms with Crippen molar-refractivity contribution in [1.29, 1.82) is 0 Å². The average molecular weight is 384 g/mol. The predicted molar refractivity (Wildman–Crippen MR) is 106 cm³/mol. The largest absolute Gasteiger partial charge is 0.449 e. The lowest BCUT2D eigenvalue weighted by molar-refractivity contribution is -0.385. The first-order valence-electron chi connectivity index (χ1n) is 9.10. The molecule has 0 unspecified atom stereocenters. The Morgan fingerprint density at radius 3 is 2.50 bits per heavy atom. The summed E-state index contributed by atoms with van der Waals surface area (Å²) >= 11 is 0. The molecule has 0 bridgehead atoms. The third kappa shape index (κ3) is 4.94. The molecule has 28 heavy (non-hydrogen) atoms. The van der Waals surface area contributed by atoms with E-state index in [1.807, 2.05) is 18.2 Å². The van der Waals surface area contributed by atoms with Crippen molar-refractivity contribution in [3.63, 3.8) is 0 Å². The van der Waals surface area contributed by atoms with Crippen LogP contribution < -0.4 is 5.32 Å². The van der Waals surface area contributed by atoms with Gasteiger partial charge in [-0.25, -0.2) is 4.79 Å². The van der Waals surface area contributed by atoms with Crippen LogP contribution in [0.15, 0.2) is 42.5 Å². The lowest BCUT2D eigenvalue weighted by Crippen LogP contribution is -2.30. The van der Waals surface area contributed by atoms with Crippen molar-refractivity contribution in [3.8, 4) is 0 Å². The number of nitrogens with one attached hydrogen (secondary N) is 1. The molecule has 0 saturated heterocycles. The topological polar surface area (TPSA) is 98.5 Å². The van der Waals surface area contributed by atoms with Crippen molar-refractivity contribution in [2.45, 2.75) is 46.1 Å². The van der Waals surface area contributed by atoms with E-state index < -0.39 is 22.9 Å². The fraction of sp³-hybridized carbons (Fsp3) is 0.333. The molecule has 7 heteroatoms. The molecule has 2 aromatic rings. The van der Waals surface area contributed by atoms with Crippen LogP contribution in [0.1, 0.15) is 54.6 Å². The van der Waals surface area contributed by atoms with Gasteiger partial charge in [-0.15, -0.1) is 0 Å². The minimum Gasteiger partial charge on any atom is -0.449 e. The van der Waals surface area contributed by atoms with Gasteiger partial charge >= 0.3 is 5.97 Å². The summed E-state index contributed by atoms with van der Waals surface area (Å²) in [6.45, 7) is 7.17. The summed E-state index contributed by atoms with van der Waals surface area (Å²) in [5.41, 5.74) is 1.97. The highest BCUT2D eigenvalue weighted by molar-refractivity contribution is 5.98. The maximum atomic E-state index is 12.5. The molecule has 0 aliphatic rings. The molecule has 0 spiro atoms. The number of aryl methyl sites for hydroxylation is 1. The van der Waals surface area contributed by atoms with Gasteiger partial charge in [0.1, 0.15) is 0 Å². The van der Waals surface area contributed by atoms with Crippen LogP contribution in [0.25, 0.3) is 0 Å². The minimum atomic E-state index is -1.06. The number of nitrogens with zero attached hydrogens (tertiary/aromatic N) is 1. The number of rotatable bonds is 7. The number of nitro benzene ring substituents is 1. The zero-order valence-corrected chi connectivity index (χ0v) is 16.4. The van der Waals surface area contributed by atoms with Crippen LogP contribution in [0, 0.1) is 17.0 Å². The third-order valence-corrected chi connectivity index (χ3v) is 4.66. The first-order chi connectivity index (χ1) is 13.2. The van der Waals surface area contributed by atoms with E-state index in [1.54, 1.807) is 13.0 Å². The summed E-state index contributed by atoms with van der Waals surface area (Å²) in [5, 5.41) is 13.8. The van der Waals surface area contributed by atoms with Crippen molar-refractivity contribution in [3.05, 3.63) is 69.3 Å². The molecule has 7 nitrogen and oxygen atoms in total. The molecule has 2 aromatic carbocycles. The Kier molecular flexibility index (Phi) is 6.87. The summed E-state index contributed by atoms with van der Waals surface area (Å²) in [6, 6.07) is 11.5. The van der Waals surface area contributed by atoms with E-state index in [9.17, 15) is 19.7 Å². The first-order valence-corrected chi connectivity index (χ1v) is 9.10. The van der Waals surface area contributed by atoms with Crippen molar-refractivity contribution in [1.82, 2.24) is 0 Å². The molecule has 2 atom stereocenters. The Labute approximate surface area is 163 Å². The van der Waals surface area contributed by atoms with Gasteiger partial charge in [0.2, 0.25) is 0 Å². The van der Waals surface area contributed by atoms with Crippen LogP contribution in [-0.2, 0) is 9.53 Å². The number of hydrogen-bond acceptors (Lipinski definition) is 5. The highest BCUT2D eigenvalue weighted by Crippen LogP contribution is 2.27. The molecule has 0 saturated carbocycles. The zero-order chi connectivity index (χ0) is 20.8. The Morgan fingerprint density at radius 2 is 1.86 bits per heavy atom. The number of para-hydroxylation sites is 1. The van der Waals surface area contributed by atoms with Crippen molar-refractivity contribution in [2.75, 3.05) is 5.32 Å². The smallest absolute Gasteiger partial charge is 0.339 e. The molecule has 0 heterocycles. The van der Waals surface area contributed by atoms with E-state index in [0.717, 1.165) is 18.1 Å². The molecule has 1 N–H and O–H groups in total. The fourth-order valence-electron chi connectivity index (χ4n) is 2.71. The van der Waals surface area contributed by atoms with E-state index in [1.165, 1.54) is 19.1 Å². The number of esters is 1. The van der Waals surface area contributed by atoms with Crippen LogP contribution in [0.2, 0.25) is 0 Å². The first kappa shape index (κ1) is 21.1. The van der Waals surface area contributed by atoms with Crippen molar-refractivity contribution < 1.29 is 19.2 Å². The van der Waals surface area contributed by atoms with Crippen LogP contribution >= 0.6 is 0 Å². The molecule has 0 fully saturated rings. The summed E-state index contributed by atoms with van der Waals surface area (Å²) in [4.78, 5) is 35.2. The number of amides is 1. The second-order valence-electron chi connectivity index (χ2n) is 6.69. The van der Waals surface area contributed by atoms with Gasteiger partial charge in [-0.1, -0.05) is 38.1 Å². The van der Waals surface area contributed by atoms with E-state index in [-0.39, 0.29) is 17.2 Å². The van der Waals surface area contributed by atoms with Gasteiger partial charge in [-0.3, -0.25) is 14.9 Å². The number of anilines is 1. The molecule has 0 aliphatic heterocycles. The maximum Gasteiger partial charge on any atom is 0.339 e. The van der Waals surface area contributed by atoms with Crippen molar-refractivity contribution >= 4 is 23.3 Å². The normalized spacial score (nSPS) is 12.7. The van der Waals surface area contributed by atoms with Gasteiger partial charge in [0.05, 0.1) is 10.5 Å². The Hall–Kier alpha value is -3.22. The highest BCUT2D eigenvalue weighted by atomic mass is 16.6. The Balaban J connectivity index is 2.10. The number of carbonyl (C=O) groups excluding carboxylic acids is 2. The number of nitro groups is 1. The van der Waals surface area contributed by atoms with E-state index >= 15 is 0 Å². The average Bonchev–Trinajstić information content (AvgIpc) is 2.67. The summed E-state index contributed by atoms with van der Waals surface area (Å²) in [6.07, 6.45) is -0.137. The van der Waals surface area contributed by atoms with Gasteiger partial charge in [-0.05, 0) is 43.9 Å². The molecule has 0 radical (unpaired) electrons. The van der Waals surface area contributed by atoms with Gasteiger partial charge in [0.15, 0.2) is 6.10 Å². The molecular weight excluding hydrogens is 360 g/mol. The van der Waals surface area contributed by atoms with Gasteiger partial charge < -0.3 is 10.1 Å². The standard InChI is InChI=1S/C21H24N2O5/c1-5-13(2)17-8-6-7-9-18(17)22-20(24)15(4)28-21(25)16-11-10-14(3)19(12-16)23(26)27/h6-13,15H,5H2,1-4H3,(H,22,24)/t13-,15-/m0/s1. The van der Waals surface area contributed by atoms with Gasteiger partial charge in [-0.2, -0.15) is 0 Å². The minimum absolute atomic E-state index is 0.0250. The van der Waals surface area contributed by atoms with E-state index in [2.05, 4.69) is 19.2 Å². The Morgan fingerprint density at radius 1 is 1.18 bits per heavy atom. The second-order valence-corrected chi connectivity index (χ2v) is 6.69. The van der Waals surface area contributed by atoms with E-state index in [0.29, 0.717) is 11.3 Å². The van der Waals surface area contributed by atoms with Crippen LogP contribution in [0.3, 0.4) is 0 Å². The SMILES string of the molecule is CC[C@H](C)c1ccccc1NC(=O)[C@H](C)OC(=O)c1ccc(C)c([N+](=O)[O-])c1. The van der Waals surface area contributed by atoms with Crippen LogP contribution in [0.5, 0.6) is 0 Å². The van der Waals surface area contributed by atoms with Gasteiger partial charge in [0, 0.05) is 17.3 Å². The molecule has 0 aromatic heterocycles. The third-order valence-electron chi connectivity index (χ3n) is 4.66. The lowest BCUT2D eigenvalue weighted by atomic mass is 9.97. The van der Waals surface area contributed by atoms with Gasteiger partial charge in [0.25, 0.3) is 11.6 Å². The lowest BCUT2D eigenvalue weighted by Gasteiger charge is -2.18. The molecule has 0 aliphatic carbocycles.